The Labute approximate surface area is 116 Å². The van der Waals surface area contributed by atoms with E-state index in [4.69, 9.17) is 4.74 Å². The van der Waals surface area contributed by atoms with Crippen molar-refractivity contribution in [3.05, 3.63) is 59.1 Å². The van der Waals surface area contributed by atoms with Crippen LogP contribution in [-0.4, -0.2) is 11.6 Å². The second kappa shape index (κ2) is 5.41. The second-order valence-corrected chi connectivity index (χ2v) is 5.68. The van der Waals surface area contributed by atoms with Gasteiger partial charge in [-0.2, -0.15) is 0 Å². The van der Waals surface area contributed by atoms with E-state index in [0.717, 1.165) is 22.7 Å². The zero-order valence-electron chi connectivity index (χ0n) is 10.8. The quantitative estimate of drug-likeness (QED) is 0.707. The number of aromatic nitrogens is 1. The van der Waals surface area contributed by atoms with Crippen LogP contribution in [0, 0.1) is 6.92 Å². The molecule has 1 aromatic heterocycles. The van der Waals surface area contributed by atoms with Crippen LogP contribution in [0.5, 0.6) is 5.75 Å². The van der Waals surface area contributed by atoms with E-state index in [-0.39, 0.29) is 0 Å². The molecule has 0 amide bonds. The van der Waals surface area contributed by atoms with Gasteiger partial charge in [-0.25, -0.2) is 4.98 Å². The predicted molar refractivity (Wildman–Crippen MR) is 80.0 cm³/mol. The molecule has 3 aromatic rings. The fourth-order valence-corrected chi connectivity index (χ4v) is 2.85. The molecule has 2 aromatic carbocycles. The summed E-state index contributed by atoms with van der Waals surface area (Å²) in [5.74, 6) is 0.924. The smallest absolute Gasteiger partial charge is 0.119 e. The third-order valence-electron chi connectivity index (χ3n) is 2.96. The first-order valence-electron chi connectivity index (χ1n) is 6.35. The van der Waals surface area contributed by atoms with Crippen molar-refractivity contribution >= 4 is 21.6 Å². The number of fused-ring (bicyclic) bond motifs is 1. The van der Waals surface area contributed by atoms with Gasteiger partial charge in [0.1, 0.15) is 5.75 Å². The van der Waals surface area contributed by atoms with E-state index in [1.165, 1.54) is 10.3 Å². The first kappa shape index (κ1) is 12.2. The molecule has 0 saturated heterocycles. The lowest BCUT2D eigenvalue weighted by Gasteiger charge is -2.05. The molecule has 0 aliphatic carbocycles. The van der Waals surface area contributed by atoms with Gasteiger partial charge in [0, 0.05) is 6.42 Å². The lowest BCUT2D eigenvalue weighted by atomic mass is 10.1. The molecule has 0 aliphatic heterocycles. The third kappa shape index (κ3) is 2.93. The van der Waals surface area contributed by atoms with Gasteiger partial charge >= 0.3 is 0 Å². The third-order valence-corrected chi connectivity index (χ3v) is 3.91. The van der Waals surface area contributed by atoms with Gasteiger partial charge in [0.2, 0.25) is 0 Å². The minimum Gasteiger partial charge on any atom is -0.493 e. The van der Waals surface area contributed by atoms with E-state index in [9.17, 15) is 0 Å². The maximum absolute atomic E-state index is 5.71. The summed E-state index contributed by atoms with van der Waals surface area (Å²) < 4.78 is 6.96. The Bertz CT molecular complexity index is 676. The van der Waals surface area contributed by atoms with Crippen LogP contribution in [0.2, 0.25) is 0 Å². The molecule has 3 rings (SSSR count). The summed E-state index contributed by atoms with van der Waals surface area (Å²) in [5.41, 5.74) is 2.37. The van der Waals surface area contributed by atoms with Crippen LogP contribution in [-0.2, 0) is 6.42 Å². The van der Waals surface area contributed by atoms with Crippen molar-refractivity contribution in [1.82, 2.24) is 4.98 Å². The first-order chi connectivity index (χ1) is 9.31. The first-order valence-corrected chi connectivity index (χ1v) is 7.17. The van der Waals surface area contributed by atoms with Gasteiger partial charge in [0.05, 0.1) is 21.8 Å². The summed E-state index contributed by atoms with van der Waals surface area (Å²) in [6.45, 7) is 2.74. The Hall–Kier alpha value is -1.87. The number of hydrogen-bond acceptors (Lipinski definition) is 3. The summed E-state index contributed by atoms with van der Waals surface area (Å²) in [6, 6.07) is 16.4. The van der Waals surface area contributed by atoms with Gasteiger partial charge in [-0.3, -0.25) is 0 Å². The van der Waals surface area contributed by atoms with Crippen LogP contribution < -0.4 is 4.74 Å². The van der Waals surface area contributed by atoms with Crippen LogP contribution in [0.15, 0.2) is 48.5 Å². The highest BCUT2D eigenvalue weighted by molar-refractivity contribution is 7.18. The van der Waals surface area contributed by atoms with E-state index in [2.05, 4.69) is 23.2 Å². The molecule has 19 heavy (non-hydrogen) atoms. The highest BCUT2D eigenvalue weighted by Gasteiger charge is 2.02. The molecule has 0 N–H and O–H groups in total. The lowest BCUT2D eigenvalue weighted by Crippen LogP contribution is -2.00. The topological polar surface area (TPSA) is 22.1 Å². The average molecular weight is 269 g/mol. The fourth-order valence-electron chi connectivity index (χ4n) is 2.05. The van der Waals surface area contributed by atoms with Crippen molar-refractivity contribution in [2.45, 2.75) is 13.3 Å². The van der Waals surface area contributed by atoms with Gasteiger partial charge in [-0.1, -0.05) is 24.3 Å². The number of nitrogens with zero attached hydrogens (tertiary/aromatic N) is 1. The summed E-state index contributed by atoms with van der Waals surface area (Å²) in [7, 11) is 0. The van der Waals surface area contributed by atoms with Crippen molar-refractivity contribution < 1.29 is 4.74 Å². The number of ether oxygens (including phenoxy) is 1. The largest absolute Gasteiger partial charge is 0.493 e. The summed E-state index contributed by atoms with van der Waals surface area (Å²) in [5, 5.41) is 1.12. The van der Waals surface area contributed by atoms with Crippen LogP contribution in [0.4, 0.5) is 0 Å². The Balaban J connectivity index is 1.65. The van der Waals surface area contributed by atoms with Crippen LogP contribution >= 0.6 is 11.3 Å². The van der Waals surface area contributed by atoms with E-state index in [1.54, 1.807) is 11.3 Å². The normalized spacial score (nSPS) is 10.8. The number of aryl methyl sites for hydroxylation is 1. The highest BCUT2D eigenvalue weighted by atomic mass is 32.1. The van der Waals surface area contributed by atoms with Gasteiger partial charge in [0.25, 0.3) is 0 Å². The van der Waals surface area contributed by atoms with Crippen molar-refractivity contribution in [3.8, 4) is 5.75 Å². The summed E-state index contributed by atoms with van der Waals surface area (Å²) in [4.78, 5) is 4.52. The van der Waals surface area contributed by atoms with Crippen molar-refractivity contribution in [1.29, 1.82) is 0 Å². The second-order valence-electron chi connectivity index (χ2n) is 4.45. The highest BCUT2D eigenvalue weighted by Crippen LogP contribution is 2.22. The minimum absolute atomic E-state index is 0.693. The summed E-state index contributed by atoms with van der Waals surface area (Å²) in [6.07, 6.45) is 0.904. The lowest BCUT2D eigenvalue weighted by molar-refractivity contribution is 0.322. The van der Waals surface area contributed by atoms with E-state index in [0.29, 0.717) is 6.61 Å². The monoisotopic (exact) mass is 269 g/mol. The molecule has 0 spiro atoms. The Morgan fingerprint density at radius 3 is 2.79 bits per heavy atom. The van der Waals surface area contributed by atoms with Gasteiger partial charge in [0.15, 0.2) is 0 Å². The van der Waals surface area contributed by atoms with Crippen LogP contribution in [0.1, 0.15) is 10.6 Å². The zero-order valence-corrected chi connectivity index (χ0v) is 11.6. The SMILES string of the molecule is Cc1nc2cc(CCOc3ccccc3)ccc2s1. The number of rotatable bonds is 4. The van der Waals surface area contributed by atoms with Gasteiger partial charge < -0.3 is 4.74 Å². The molecule has 1 heterocycles. The molecule has 2 nitrogen and oxygen atoms in total. The molecule has 0 atom stereocenters. The predicted octanol–water partition coefficient (Wildman–Crippen LogP) is 4.23. The number of hydrogen-bond donors (Lipinski definition) is 0. The molecule has 0 fully saturated rings. The number of thiazole rings is 1. The van der Waals surface area contributed by atoms with E-state index in [1.807, 2.05) is 37.3 Å². The molecule has 3 heteroatoms. The van der Waals surface area contributed by atoms with Gasteiger partial charge in [-0.15, -0.1) is 11.3 Å². The molecular weight excluding hydrogens is 254 g/mol. The van der Waals surface area contributed by atoms with E-state index < -0.39 is 0 Å². The number of para-hydroxylation sites is 1. The van der Waals surface area contributed by atoms with Crippen molar-refractivity contribution in [3.63, 3.8) is 0 Å². The molecule has 0 bridgehead atoms. The van der Waals surface area contributed by atoms with Crippen LogP contribution in [0.25, 0.3) is 10.2 Å². The molecule has 0 aliphatic rings. The molecule has 0 radical (unpaired) electrons. The van der Waals surface area contributed by atoms with Crippen LogP contribution in [0.3, 0.4) is 0 Å². The number of benzene rings is 2. The Morgan fingerprint density at radius 1 is 1.11 bits per heavy atom. The summed E-state index contributed by atoms with van der Waals surface area (Å²) >= 11 is 1.74. The standard InChI is InChI=1S/C16H15NOS/c1-12-17-15-11-13(7-8-16(15)19-12)9-10-18-14-5-3-2-4-6-14/h2-8,11H,9-10H2,1H3. The molecule has 0 saturated carbocycles. The average Bonchev–Trinajstić information content (AvgIpc) is 2.79. The fraction of sp³-hybridized carbons (Fsp3) is 0.188. The maximum Gasteiger partial charge on any atom is 0.119 e. The zero-order chi connectivity index (χ0) is 13.1. The van der Waals surface area contributed by atoms with Crippen molar-refractivity contribution in [2.24, 2.45) is 0 Å². The maximum atomic E-state index is 5.71. The molecule has 96 valence electrons. The van der Waals surface area contributed by atoms with Gasteiger partial charge in [-0.05, 0) is 36.8 Å². The van der Waals surface area contributed by atoms with Crippen molar-refractivity contribution in [2.75, 3.05) is 6.61 Å². The Morgan fingerprint density at radius 2 is 1.95 bits per heavy atom. The van der Waals surface area contributed by atoms with E-state index >= 15 is 0 Å². The molecule has 0 unspecified atom stereocenters. The molecular formula is C16H15NOS. The Kier molecular flexibility index (Phi) is 3.47. The minimum atomic E-state index is 0.693.